The van der Waals surface area contributed by atoms with Crippen molar-refractivity contribution in [3.05, 3.63) is 35.6 Å². The van der Waals surface area contributed by atoms with Gasteiger partial charge in [0, 0.05) is 17.5 Å². The van der Waals surface area contributed by atoms with Gasteiger partial charge in [0.05, 0.1) is 0 Å². The van der Waals surface area contributed by atoms with Gasteiger partial charge < -0.3 is 5.32 Å². The normalized spacial score (nSPS) is 21.5. The van der Waals surface area contributed by atoms with Gasteiger partial charge in [0.15, 0.2) is 0 Å². The van der Waals surface area contributed by atoms with Crippen molar-refractivity contribution in [2.45, 2.75) is 23.8 Å². The van der Waals surface area contributed by atoms with Crippen molar-refractivity contribution in [3.63, 3.8) is 0 Å². The molecule has 0 spiro atoms. The van der Waals surface area contributed by atoms with Crippen molar-refractivity contribution in [2.24, 2.45) is 0 Å². The van der Waals surface area contributed by atoms with E-state index in [0.29, 0.717) is 5.25 Å². The van der Waals surface area contributed by atoms with Crippen molar-refractivity contribution >= 4 is 11.8 Å². The van der Waals surface area contributed by atoms with Crippen LogP contribution >= 0.6 is 11.8 Å². The summed E-state index contributed by atoms with van der Waals surface area (Å²) in [5, 5.41) is 4.08. The Morgan fingerprint density at radius 1 is 1.47 bits per heavy atom. The maximum absolute atomic E-state index is 12.9. The molecule has 1 aromatic rings. The van der Waals surface area contributed by atoms with E-state index in [1.165, 1.54) is 18.9 Å². The molecule has 1 aliphatic rings. The van der Waals surface area contributed by atoms with Gasteiger partial charge in [0.25, 0.3) is 0 Å². The van der Waals surface area contributed by atoms with Crippen LogP contribution in [0.15, 0.2) is 24.3 Å². The summed E-state index contributed by atoms with van der Waals surface area (Å²) in [7, 11) is 0. The Kier molecular flexibility index (Phi) is 4.03. The summed E-state index contributed by atoms with van der Waals surface area (Å²) in [6.07, 6.45) is 2.55. The third-order valence-electron chi connectivity index (χ3n) is 2.63. The highest BCUT2D eigenvalue weighted by molar-refractivity contribution is 7.99. The highest BCUT2D eigenvalue weighted by atomic mass is 32.2. The van der Waals surface area contributed by atoms with Gasteiger partial charge in [-0.25, -0.2) is 4.39 Å². The molecule has 0 radical (unpaired) electrons. The van der Waals surface area contributed by atoms with Gasteiger partial charge in [-0.3, -0.25) is 0 Å². The Balaban J connectivity index is 1.81. The van der Waals surface area contributed by atoms with Crippen LogP contribution in [0.2, 0.25) is 0 Å². The number of thioether (sulfide) groups is 1. The SMILES string of the molecule is Fc1cccc(CSC2CCCNC2)c1. The van der Waals surface area contributed by atoms with Gasteiger partial charge in [-0.2, -0.15) is 11.8 Å². The highest BCUT2D eigenvalue weighted by Crippen LogP contribution is 2.22. The molecule has 1 N–H and O–H groups in total. The van der Waals surface area contributed by atoms with Gasteiger partial charge in [0.2, 0.25) is 0 Å². The average molecular weight is 225 g/mol. The number of nitrogens with one attached hydrogen (secondary N) is 1. The van der Waals surface area contributed by atoms with E-state index < -0.39 is 0 Å². The Morgan fingerprint density at radius 3 is 3.13 bits per heavy atom. The molecule has 3 heteroatoms. The minimum atomic E-state index is -0.130. The van der Waals surface area contributed by atoms with Crippen LogP contribution in [0.1, 0.15) is 18.4 Å². The molecular formula is C12H16FNS. The van der Waals surface area contributed by atoms with Crippen molar-refractivity contribution in [3.8, 4) is 0 Å². The number of rotatable bonds is 3. The van der Waals surface area contributed by atoms with Crippen LogP contribution in [0.25, 0.3) is 0 Å². The largest absolute Gasteiger partial charge is 0.316 e. The predicted octanol–water partition coefficient (Wildman–Crippen LogP) is 2.81. The van der Waals surface area contributed by atoms with Crippen LogP contribution in [0.5, 0.6) is 0 Å². The molecule has 1 aliphatic heterocycles. The topological polar surface area (TPSA) is 12.0 Å². The van der Waals surface area contributed by atoms with Crippen molar-refractivity contribution in [2.75, 3.05) is 13.1 Å². The summed E-state index contributed by atoms with van der Waals surface area (Å²) in [6, 6.07) is 6.90. The maximum atomic E-state index is 12.9. The van der Waals surface area contributed by atoms with Crippen LogP contribution in [0.3, 0.4) is 0 Å². The Hall–Kier alpha value is -0.540. The zero-order valence-corrected chi connectivity index (χ0v) is 9.52. The summed E-state index contributed by atoms with van der Waals surface area (Å²) >= 11 is 1.93. The molecule has 1 atom stereocenters. The molecule has 1 saturated heterocycles. The molecule has 0 amide bonds. The van der Waals surface area contributed by atoms with Gasteiger partial charge in [-0.1, -0.05) is 12.1 Å². The van der Waals surface area contributed by atoms with Crippen molar-refractivity contribution in [1.29, 1.82) is 0 Å². The van der Waals surface area contributed by atoms with Gasteiger partial charge >= 0.3 is 0 Å². The third kappa shape index (κ3) is 3.50. The fourth-order valence-corrected chi connectivity index (χ4v) is 2.98. The summed E-state index contributed by atoms with van der Waals surface area (Å²) in [4.78, 5) is 0. The molecule has 1 heterocycles. The van der Waals surface area contributed by atoms with Gasteiger partial charge in [-0.05, 0) is 37.1 Å². The lowest BCUT2D eigenvalue weighted by atomic mass is 10.2. The van der Waals surface area contributed by atoms with Crippen LogP contribution in [-0.2, 0) is 5.75 Å². The Labute approximate surface area is 94.5 Å². The quantitative estimate of drug-likeness (QED) is 0.849. The zero-order chi connectivity index (χ0) is 10.5. The minimum absolute atomic E-state index is 0.130. The molecule has 82 valence electrons. The number of piperidine rings is 1. The lowest BCUT2D eigenvalue weighted by Gasteiger charge is -2.22. The first-order chi connectivity index (χ1) is 7.34. The van der Waals surface area contributed by atoms with E-state index >= 15 is 0 Å². The first-order valence-electron chi connectivity index (χ1n) is 5.41. The Bertz CT molecular complexity index is 310. The van der Waals surface area contributed by atoms with Crippen molar-refractivity contribution in [1.82, 2.24) is 5.32 Å². The molecule has 1 aromatic carbocycles. The summed E-state index contributed by atoms with van der Waals surface area (Å²) in [6.45, 7) is 2.25. The zero-order valence-electron chi connectivity index (χ0n) is 8.71. The number of halogens is 1. The average Bonchev–Trinajstić information content (AvgIpc) is 2.28. The first kappa shape index (κ1) is 11.0. The van der Waals surface area contributed by atoms with E-state index in [0.717, 1.165) is 24.4 Å². The molecule has 0 bridgehead atoms. The molecule has 15 heavy (non-hydrogen) atoms. The fourth-order valence-electron chi connectivity index (χ4n) is 1.80. The van der Waals surface area contributed by atoms with E-state index in [1.807, 2.05) is 17.8 Å². The molecule has 1 nitrogen and oxygen atoms in total. The van der Waals surface area contributed by atoms with E-state index in [9.17, 15) is 4.39 Å². The second kappa shape index (κ2) is 5.52. The second-order valence-corrected chi connectivity index (χ2v) is 5.20. The minimum Gasteiger partial charge on any atom is -0.316 e. The summed E-state index contributed by atoms with van der Waals surface area (Å²) in [5.41, 5.74) is 1.09. The lowest BCUT2D eigenvalue weighted by molar-refractivity contribution is 0.531. The Morgan fingerprint density at radius 2 is 2.40 bits per heavy atom. The molecule has 0 aliphatic carbocycles. The standard InChI is InChI=1S/C12H16FNS/c13-11-4-1-3-10(7-11)9-15-12-5-2-6-14-8-12/h1,3-4,7,12,14H,2,5-6,8-9H2. The molecule has 1 fully saturated rings. The van der Waals surface area contributed by atoms with E-state index in [2.05, 4.69) is 5.32 Å². The first-order valence-corrected chi connectivity index (χ1v) is 6.46. The molecule has 0 aromatic heterocycles. The fraction of sp³-hybridized carbons (Fsp3) is 0.500. The van der Waals surface area contributed by atoms with Gasteiger partial charge in [-0.15, -0.1) is 0 Å². The van der Waals surface area contributed by atoms with E-state index in [4.69, 9.17) is 0 Å². The van der Waals surface area contributed by atoms with Crippen LogP contribution in [-0.4, -0.2) is 18.3 Å². The van der Waals surface area contributed by atoms with Crippen LogP contribution in [0.4, 0.5) is 4.39 Å². The van der Waals surface area contributed by atoms with E-state index in [1.54, 1.807) is 12.1 Å². The number of benzene rings is 1. The molecule has 0 saturated carbocycles. The van der Waals surface area contributed by atoms with Crippen LogP contribution < -0.4 is 5.32 Å². The van der Waals surface area contributed by atoms with E-state index in [-0.39, 0.29) is 5.82 Å². The highest BCUT2D eigenvalue weighted by Gasteiger charge is 2.12. The third-order valence-corrected chi connectivity index (χ3v) is 4.00. The van der Waals surface area contributed by atoms with Gasteiger partial charge in [0.1, 0.15) is 5.82 Å². The lowest BCUT2D eigenvalue weighted by Crippen LogP contribution is -2.31. The number of hydrogen-bond acceptors (Lipinski definition) is 2. The smallest absolute Gasteiger partial charge is 0.123 e. The van der Waals surface area contributed by atoms with Crippen LogP contribution in [0, 0.1) is 5.82 Å². The predicted molar refractivity (Wildman–Crippen MR) is 63.6 cm³/mol. The molecular weight excluding hydrogens is 209 g/mol. The monoisotopic (exact) mass is 225 g/mol. The maximum Gasteiger partial charge on any atom is 0.123 e. The number of hydrogen-bond donors (Lipinski definition) is 1. The molecule has 1 unspecified atom stereocenters. The second-order valence-electron chi connectivity index (χ2n) is 3.91. The van der Waals surface area contributed by atoms with Crippen molar-refractivity contribution < 1.29 is 4.39 Å². The molecule has 2 rings (SSSR count). The summed E-state index contributed by atoms with van der Waals surface area (Å²) < 4.78 is 12.9. The summed E-state index contributed by atoms with van der Waals surface area (Å²) in [5.74, 6) is 0.791.